The average molecular weight is 411 g/mol. The average Bonchev–Trinajstić information content (AvgIpc) is 3.15. The summed E-state index contributed by atoms with van der Waals surface area (Å²) in [6.07, 6.45) is 2.95. The van der Waals surface area contributed by atoms with Crippen LogP contribution >= 0.6 is 11.6 Å². The van der Waals surface area contributed by atoms with Crippen LogP contribution in [0.25, 0.3) is 10.9 Å². The van der Waals surface area contributed by atoms with Crippen LogP contribution in [-0.4, -0.2) is 52.5 Å². The van der Waals surface area contributed by atoms with Crippen molar-refractivity contribution in [3.05, 3.63) is 28.9 Å². The van der Waals surface area contributed by atoms with Gasteiger partial charge in [-0.1, -0.05) is 25.4 Å². The smallest absolute Gasteiger partial charge is 0.317 e. The van der Waals surface area contributed by atoms with E-state index in [0.29, 0.717) is 31.1 Å². The van der Waals surface area contributed by atoms with Crippen LogP contribution in [0.15, 0.2) is 18.3 Å². The molecular weight excluding hydrogens is 383 g/mol. The summed E-state index contributed by atoms with van der Waals surface area (Å²) in [5.74, 6) is 0.248. The molecule has 2 heterocycles. The maximum Gasteiger partial charge on any atom is 0.317 e. The van der Waals surface area contributed by atoms with Crippen LogP contribution in [0.1, 0.15) is 44.8 Å². The molecule has 0 spiro atoms. The number of aromatic amines is 1. The predicted octanol–water partition coefficient (Wildman–Crippen LogP) is 4.06. The number of aliphatic hydroxyl groups excluding tert-OH is 1. The van der Waals surface area contributed by atoms with E-state index in [1.165, 1.54) is 0 Å². The molecule has 2 aromatic rings. The Labute approximate surface area is 169 Å². The minimum absolute atomic E-state index is 0.139. The van der Waals surface area contributed by atoms with E-state index in [0.717, 1.165) is 29.3 Å². The lowest BCUT2D eigenvalue weighted by atomic mass is 9.68. The second kappa shape index (κ2) is 8.66. The molecular formula is C20H28ClFN4O2. The first-order valence-corrected chi connectivity index (χ1v) is 10.1. The number of H-pyrrole nitrogens is 1. The molecule has 1 aliphatic rings. The molecule has 3 N–H and O–H groups in total. The first-order chi connectivity index (χ1) is 13.3. The molecule has 1 atom stereocenters. The summed E-state index contributed by atoms with van der Waals surface area (Å²) < 4.78 is 12.2. The third kappa shape index (κ3) is 4.25. The van der Waals surface area contributed by atoms with Crippen molar-refractivity contribution in [2.45, 2.75) is 39.2 Å². The minimum Gasteiger partial charge on any atom is -0.388 e. The Balaban J connectivity index is 1.68. The van der Waals surface area contributed by atoms with E-state index in [1.807, 2.05) is 0 Å². The molecule has 3 rings (SSSR count). The van der Waals surface area contributed by atoms with Crippen LogP contribution < -0.4 is 5.32 Å². The minimum atomic E-state index is -0.707. The zero-order chi connectivity index (χ0) is 20.3. The fraction of sp³-hybridized carbons (Fsp3) is 0.600. The number of hydrogen-bond acceptors (Lipinski definition) is 3. The fourth-order valence-corrected chi connectivity index (χ4v) is 4.32. The highest BCUT2D eigenvalue weighted by atomic mass is 35.5. The van der Waals surface area contributed by atoms with Gasteiger partial charge in [-0.2, -0.15) is 5.10 Å². The van der Waals surface area contributed by atoms with Crippen LogP contribution in [0.3, 0.4) is 0 Å². The van der Waals surface area contributed by atoms with E-state index in [4.69, 9.17) is 11.6 Å². The third-order valence-corrected chi connectivity index (χ3v) is 6.19. The number of alkyl halides is 1. The van der Waals surface area contributed by atoms with Gasteiger partial charge in [-0.3, -0.25) is 9.49 Å². The standard InChI is InChI=1S/C20H28ClFN4O2/c1-20(2,13-4-8-26(9-5-13)19(28)23-7-3-6-22)18(27)15-10-14(21)11-17-16(15)12-24-25-17/h10-13,18,27H,3-9H2,1-2H3,(H,23,28)(H,24,25). The normalized spacial score (nSPS) is 17.1. The zero-order valence-corrected chi connectivity index (χ0v) is 17.1. The van der Waals surface area contributed by atoms with E-state index in [-0.39, 0.29) is 11.9 Å². The number of carbonyl (C=O) groups excluding carboxylic acids is 1. The molecule has 28 heavy (non-hydrogen) atoms. The number of piperidine rings is 1. The molecule has 6 nitrogen and oxygen atoms in total. The third-order valence-electron chi connectivity index (χ3n) is 5.98. The molecule has 1 unspecified atom stereocenters. The van der Waals surface area contributed by atoms with Crippen molar-refractivity contribution in [1.82, 2.24) is 20.4 Å². The first-order valence-electron chi connectivity index (χ1n) is 9.74. The number of amides is 2. The Morgan fingerprint density at radius 1 is 1.46 bits per heavy atom. The lowest BCUT2D eigenvalue weighted by Crippen LogP contribution is -2.47. The van der Waals surface area contributed by atoms with Gasteiger partial charge in [0, 0.05) is 30.0 Å². The number of urea groups is 1. The fourth-order valence-electron chi connectivity index (χ4n) is 4.09. The van der Waals surface area contributed by atoms with Gasteiger partial charge >= 0.3 is 6.03 Å². The molecule has 2 amide bonds. The number of nitrogens with one attached hydrogen (secondary N) is 2. The maximum atomic E-state index is 12.2. The number of halogens is 2. The largest absolute Gasteiger partial charge is 0.388 e. The van der Waals surface area contributed by atoms with Crippen LogP contribution in [0, 0.1) is 11.3 Å². The van der Waals surface area contributed by atoms with E-state index >= 15 is 0 Å². The van der Waals surface area contributed by atoms with Crippen molar-refractivity contribution in [2.24, 2.45) is 11.3 Å². The monoisotopic (exact) mass is 410 g/mol. The van der Waals surface area contributed by atoms with Crippen LogP contribution in [0.2, 0.25) is 5.02 Å². The summed E-state index contributed by atoms with van der Waals surface area (Å²) in [5.41, 5.74) is 1.18. The van der Waals surface area contributed by atoms with Gasteiger partial charge in [0.15, 0.2) is 0 Å². The summed E-state index contributed by atoms with van der Waals surface area (Å²) >= 11 is 6.23. The second-order valence-corrected chi connectivity index (χ2v) is 8.52. The summed E-state index contributed by atoms with van der Waals surface area (Å²) in [7, 11) is 0. The number of likely N-dealkylation sites (tertiary alicyclic amines) is 1. The van der Waals surface area contributed by atoms with Gasteiger partial charge in [0.25, 0.3) is 0 Å². The molecule has 1 aliphatic heterocycles. The van der Waals surface area contributed by atoms with E-state index in [2.05, 4.69) is 29.4 Å². The quantitative estimate of drug-likeness (QED) is 0.628. The van der Waals surface area contributed by atoms with Crippen molar-refractivity contribution < 1.29 is 14.3 Å². The van der Waals surface area contributed by atoms with Crippen LogP contribution in [-0.2, 0) is 0 Å². The van der Waals surface area contributed by atoms with Crippen LogP contribution in [0.4, 0.5) is 9.18 Å². The summed E-state index contributed by atoms with van der Waals surface area (Å²) in [4.78, 5) is 13.9. The number of fused-ring (bicyclic) bond motifs is 1. The van der Waals surface area contributed by atoms with Crippen molar-refractivity contribution in [1.29, 1.82) is 0 Å². The molecule has 154 valence electrons. The van der Waals surface area contributed by atoms with E-state index in [9.17, 15) is 14.3 Å². The van der Waals surface area contributed by atoms with Crippen molar-refractivity contribution in [3.8, 4) is 0 Å². The number of rotatable bonds is 6. The Kier molecular flexibility index (Phi) is 6.45. The Bertz CT molecular complexity index is 818. The highest BCUT2D eigenvalue weighted by Crippen LogP contribution is 2.46. The molecule has 8 heteroatoms. The predicted molar refractivity (Wildman–Crippen MR) is 108 cm³/mol. The summed E-state index contributed by atoms with van der Waals surface area (Å²) in [6, 6.07) is 3.46. The lowest BCUT2D eigenvalue weighted by Gasteiger charge is -2.43. The number of benzene rings is 1. The highest BCUT2D eigenvalue weighted by Gasteiger charge is 2.40. The zero-order valence-electron chi connectivity index (χ0n) is 16.3. The number of carbonyl (C=O) groups is 1. The molecule has 0 bridgehead atoms. The van der Waals surface area contributed by atoms with Gasteiger partial charge in [0.05, 0.1) is 24.5 Å². The molecule has 0 radical (unpaired) electrons. The topological polar surface area (TPSA) is 81.3 Å². The van der Waals surface area contributed by atoms with Gasteiger partial charge in [-0.05, 0) is 48.3 Å². The highest BCUT2D eigenvalue weighted by molar-refractivity contribution is 6.31. The van der Waals surface area contributed by atoms with Gasteiger partial charge in [0.1, 0.15) is 0 Å². The van der Waals surface area contributed by atoms with Crippen molar-refractivity contribution >= 4 is 28.5 Å². The SMILES string of the molecule is CC(C)(C1CCN(C(=O)NCCCF)CC1)C(O)c1cc(Cl)cc2[nH]ncc12. The molecule has 0 saturated carbocycles. The van der Waals surface area contributed by atoms with Crippen molar-refractivity contribution in [2.75, 3.05) is 26.3 Å². The summed E-state index contributed by atoms with van der Waals surface area (Å²) in [6.45, 7) is 5.30. The van der Waals surface area contributed by atoms with Crippen LogP contribution in [0.5, 0.6) is 0 Å². The molecule has 1 aromatic heterocycles. The van der Waals surface area contributed by atoms with Crippen molar-refractivity contribution in [3.63, 3.8) is 0 Å². The number of hydrogen-bond donors (Lipinski definition) is 3. The van der Waals surface area contributed by atoms with Gasteiger partial charge < -0.3 is 15.3 Å². The lowest BCUT2D eigenvalue weighted by molar-refractivity contribution is -0.0142. The molecule has 0 aliphatic carbocycles. The Morgan fingerprint density at radius 2 is 2.18 bits per heavy atom. The van der Waals surface area contributed by atoms with Gasteiger partial charge in [-0.25, -0.2) is 4.79 Å². The number of aliphatic hydroxyl groups is 1. The Hall–Kier alpha value is -1.86. The number of aromatic nitrogens is 2. The molecule has 1 aromatic carbocycles. The Morgan fingerprint density at radius 3 is 2.86 bits per heavy atom. The van der Waals surface area contributed by atoms with Gasteiger partial charge in [-0.15, -0.1) is 0 Å². The maximum absolute atomic E-state index is 12.2. The second-order valence-electron chi connectivity index (χ2n) is 8.09. The first kappa shape index (κ1) is 20.9. The number of nitrogens with zero attached hydrogens (tertiary/aromatic N) is 2. The van der Waals surface area contributed by atoms with Gasteiger partial charge in [0.2, 0.25) is 0 Å². The molecule has 1 fully saturated rings. The van der Waals surface area contributed by atoms with E-state index in [1.54, 1.807) is 23.2 Å². The summed E-state index contributed by atoms with van der Waals surface area (Å²) in [5, 5.41) is 22.4. The van der Waals surface area contributed by atoms with E-state index < -0.39 is 18.2 Å². The molecule has 1 saturated heterocycles.